The highest BCUT2D eigenvalue weighted by Gasteiger charge is 2.26. The van der Waals surface area contributed by atoms with Crippen LogP contribution in [-0.4, -0.2) is 29.5 Å². The number of rotatable bonds is 7. The number of anilines is 2. The van der Waals surface area contributed by atoms with Crippen molar-refractivity contribution in [1.82, 2.24) is 0 Å². The van der Waals surface area contributed by atoms with Gasteiger partial charge in [0.2, 0.25) is 5.91 Å². The smallest absolute Gasteiger partial charge is 0.336 e. The molecule has 0 atom stereocenters. The predicted octanol–water partition coefficient (Wildman–Crippen LogP) is 5.81. The van der Waals surface area contributed by atoms with Gasteiger partial charge in [-0.3, -0.25) is 9.59 Å². The maximum atomic E-state index is 12.7. The molecule has 0 aromatic heterocycles. The molecule has 0 bridgehead atoms. The normalized spacial score (nSPS) is 12.4. The molecule has 38 heavy (non-hydrogen) atoms. The van der Waals surface area contributed by atoms with E-state index >= 15 is 0 Å². The Hall–Kier alpha value is -4.62. The van der Waals surface area contributed by atoms with Crippen molar-refractivity contribution >= 4 is 40.8 Å². The molecule has 4 aromatic carbocycles. The van der Waals surface area contributed by atoms with Gasteiger partial charge in [0.05, 0.1) is 24.2 Å². The summed E-state index contributed by atoms with van der Waals surface area (Å²) in [5.41, 5.74) is 4.48. The number of nitrogens with one attached hydrogen (secondary N) is 1. The van der Waals surface area contributed by atoms with Crippen LogP contribution in [0.5, 0.6) is 5.75 Å². The first-order valence-corrected chi connectivity index (χ1v) is 12.3. The minimum Gasteiger partial charge on any atom is -0.481 e. The van der Waals surface area contributed by atoms with Crippen LogP contribution in [0.25, 0.3) is 11.1 Å². The number of hydrogen-bond acceptors (Lipinski definition) is 4. The Balaban J connectivity index is 1.30. The second kappa shape index (κ2) is 10.8. The summed E-state index contributed by atoms with van der Waals surface area (Å²) >= 11 is 6.00. The van der Waals surface area contributed by atoms with Crippen molar-refractivity contribution in [2.75, 3.05) is 16.8 Å². The first-order valence-electron chi connectivity index (χ1n) is 11.9. The van der Waals surface area contributed by atoms with Crippen molar-refractivity contribution < 1.29 is 24.2 Å². The third-order valence-electron chi connectivity index (χ3n) is 6.20. The predicted molar refractivity (Wildman–Crippen MR) is 146 cm³/mol. The van der Waals surface area contributed by atoms with Gasteiger partial charge in [-0.2, -0.15) is 0 Å². The maximum absolute atomic E-state index is 12.7. The molecule has 0 aliphatic carbocycles. The topological polar surface area (TPSA) is 95.9 Å². The lowest BCUT2D eigenvalue weighted by Crippen LogP contribution is -2.38. The molecule has 1 aliphatic heterocycles. The summed E-state index contributed by atoms with van der Waals surface area (Å²) in [5, 5.41) is 12.9. The van der Waals surface area contributed by atoms with E-state index in [-0.39, 0.29) is 30.4 Å². The number of carboxylic acid groups (broad SMARTS) is 1. The van der Waals surface area contributed by atoms with Gasteiger partial charge in [0.25, 0.3) is 5.91 Å². The molecule has 7 nitrogen and oxygen atoms in total. The van der Waals surface area contributed by atoms with Crippen LogP contribution in [0.3, 0.4) is 0 Å². The molecule has 1 heterocycles. The molecule has 8 heteroatoms. The second-order valence-electron chi connectivity index (χ2n) is 8.85. The van der Waals surface area contributed by atoms with Gasteiger partial charge >= 0.3 is 5.97 Å². The lowest BCUT2D eigenvalue weighted by molar-refractivity contribution is -0.121. The number of hydrogen-bond donors (Lipinski definition) is 2. The van der Waals surface area contributed by atoms with Gasteiger partial charge in [0.15, 0.2) is 6.61 Å². The average Bonchev–Trinajstić information content (AvgIpc) is 2.90. The Morgan fingerprint density at radius 2 is 1.71 bits per heavy atom. The van der Waals surface area contributed by atoms with Crippen molar-refractivity contribution in [3.63, 3.8) is 0 Å². The Labute approximate surface area is 224 Å². The Morgan fingerprint density at radius 3 is 2.47 bits per heavy atom. The molecule has 0 saturated heterocycles. The van der Waals surface area contributed by atoms with Crippen LogP contribution in [0.1, 0.15) is 21.5 Å². The highest BCUT2D eigenvalue weighted by atomic mass is 35.5. The van der Waals surface area contributed by atoms with Crippen molar-refractivity contribution in [3.8, 4) is 16.9 Å². The summed E-state index contributed by atoms with van der Waals surface area (Å²) in [4.78, 5) is 38.4. The number of carbonyl (C=O) groups is 3. The van der Waals surface area contributed by atoms with Crippen LogP contribution in [0, 0.1) is 0 Å². The van der Waals surface area contributed by atoms with Gasteiger partial charge in [-0.25, -0.2) is 4.79 Å². The van der Waals surface area contributed by atoms with Gasteiger partial charge in [0.1, 0.15) is 5.75 Å². The van der Waals surface area contributed by atoms with E-state index in [1.807, 2.05) is 30.3 Å². The lowest BCUT2D eigenvalue weighted by atomic mass is 9.98. The molecule has 0 radical (unpaired) electrons. The zero-order valence-electron chi connectivity index (χ0n) is 20.2. The maximum Gasteiger partial charge on any atom is 0.336 e. The fraction of sp³-hybridized carbons (Fsp3) is 0.100. The minimum absolute atomic E-state index is 0.114. The minimum atomic E-state index is -0.986. The number of nitrogens with zero attached hydrogens (tertiary/aromatic N) is 1. The molecule has 4 aromatic rings. The van der Waals surface area contributed by atoms with E-state index < -0.39 is 5.97 Å². The van der Waals surface area contributed by atoms with E-state index in [2.05, 4.69) is 5.32 Å². The van der Waals surface area contributed by atoms with E-state index in [9.17, 15) is 19.5 Å². The monoisotopic (exact) mass is 526 g/mol. The molecule has 190 valence electrons. The molecule has 1 aliphatic rings. The number of fused-ring (bicyclic) bond motifs is 1. The van der Waals surface area contributed by atoms with Gasteiger partial charge < -0.3 is 20.1 Å². The molecular weight excluding hydrogens is 504 g/mol. The van der Waals surface area contributed by atoms with Crippen LogP contribution in [0.4, 0.5) is 11.4 Å². The van der Waals surface area contributed by atoms with Crippen molar-refractivity contribution in [2.45, 2.75) is 13.0 Å². The molecule has 0 fully saturated rings. The van der Waals surface area contributed by atoms with Crippen molar-refractivity contribution in [1.29, 1.82) is 0 Å². The molecule has 2 N–H and O–H groups in total. The fourth-order valence-corrected chi connectivity index (χ4v) is 4.60. The summed E-state index contributed by atoms with van der Waals surface area (Å²) in [5.74, 6) is -0.867. The van der Waals surface area contributed by atoms with Crippen molar-refractivity contribution in [2.24, 2.45) is 0 Å². The fourth-order valence-electron chi connectivity index (χ4n) is 4.39. The highest BCUT2D eigenvalue weighted by molar-refractivity contribution is 6.30. The molecule has 0 spiro atoms. The number of amides is 2. The van der Waals surface area contributed by atoms with E-state index in [4.69, 9.17) is 16.3 Å². The van der Waals surface area contributed by atoms with Crippen LogP contribution in [0.15, 0.2) is 91.0 Å². The molecular formula is C30H23ClN2O5. The molecule has 0 saturated carbocycles. The van der Waals surface area contributed by atoms with Gasteiger partial charge in [-0.15, -0.1) is 0 Å². The average molecular weight is 527 g/mol. The summed E-state index contributed by atoms with van der Waals surface area (Å²) in [7, 11) is 0. The van der Waals surface area contributed by atoms with Crippen LogP contribution >= 0.6 is 11.6 Å². The van der Waals surface area contributed by atoms with Gasteiger partial charge in [-0.05, 0) is 52.6 Å². The van der Waals surface area contributed by atoms with Crippen LogP contribution < -0.4 is 15.0 Å². The first-order chi connectivity index (χ1) is 18.4. The summed E-state index contributed by atoms with van der Waals surface area (Å²) in [6.07, 6.45) is 0.177. The zero-order chi connectivity index (χ0) is 26.6. The third-order valence-corrected chi connectivity index (χ3v) is 6.44. The second-order valence-corrected chi connectivity index (χ2v) is 9.29. The largest absolute Gasteiger partial charge is 0.481 e. The van der Waals surface area contributed by atoms with Crippen LogP contribution in [0.2, 0.25) is 5.02 Å². The Morgan fingerprint density at radius 1 is 0.921 bits per heavy atom. The quantitative estimate of drug-likeness (QED) is 0.317. The van der Waals surface area contributed by atoms with E-state index in [0.717, 1.165) is 16.7 Å². The van der Waals surface area contributed by atoms with Gasteiger partial charge in [-0.1, -0.05) is 66.2 Å². The number of halogens is 1. The lowest BCUT2D eigenvalue weighted by Gasteiger charge is -2.30. The summed E-state index contributed by atoms with van der Waals surface area (Å²) in [6.45, 7) is 0.202. The number of carboxylic acids is 1. The zero-order valence-corrected chi connectivity index (χ0v) is 20.9. The third kappa shape index (κ3) is 5.53. The van der Waals surface area contributed by atoms with E-state index in [1.165, 1.54) is 0 Å². The number of aromatic carboxylic acids is 1. The summed E-state index contributed by atoms with van der Waals surface area (Å²) < 4.78 is 5.66. The molecule has 5 rings (SSSR count). The SMILES string of the molecule is O=C(Cc1cccc(Cl)c1)Nc1ccc2c(c1)OCC(=O)N2Cc1ccc(-c2ccccc2C(=O)O)cc1. The number of carbonyl (C=O) groups excluding carboxylic acids is 2. The number of benzene rings is 4. The standard InChI is InChI=1S/C30H23ClN2O5/c31-22-5-3-4-20(14-22)15-28(34)32-23-12-13-26-27(16-23)38-18-29(35)33(26)17-19-8-10-21(11-9-19)24-6-1-2-7-25(24)30(36)37/h1-14,16H,15,17-18H2,(H,32,34)(H,36,37). The molecule has 0 unspecified atom stereocenters. The highest BCUT2D eigenvalue weighted by Crippen LogP contribution is 2.36. The molecule has 2 amide bonds. The van der Waals surface area contributed by atoms with Crippen molar-refractivity contribution in [3.05, 3.63) is 113 Å². The number of ether oxygens (including phenoxy) is 1. The summed E-state index contributed by atoms with van der Waals surface area (Å²) in [6, 6.07) is 26.6. The van der Waals surface area contributed by atoms with E-state index in [0.29, 0.717) is 34.3 Å². The van der Waals surface area contributed by atoms with Crippen LogP contribution in [-0.2, 0) is 22.6 Å². The van der Waals surface area contributed by atoms with E-state index in [1.54, 1.807) is 65.6 Å². The Kier molecular flexibility index (Phi) is 7.11. The Bertz CT molecular complexity index is 1530. The van der Waals surface area contributed by atoms with Gasteiger partial charge in [0, 0.05) is 16.8 Å². The first kappa shape index (κ1) is 25.0.